The van der Waals surface area contributed by atoms with Gasteiger partial charge in [-0.15, -0.1) is 0 Å². The third-order valence-corrected chi connectivity index (χ3v) is 4.08. The van der Waals surface area contributed by atoms with Gasteiger partial charge in [-0.3, -0.25) is 4.79 Å². The molecule has 0 aromatic heterocycles. The quantitative estimate of drug-likeness (QED) is 0.813. The zero-order valence-corrected chi connectivity index (χ0v) is 12.6. The van der Waals surface area contributed by atoms with Gasteiger partial charge in [-0.1, -0.05) is 36.5 Å². The Morgan fingerprint density at radius 3 is 2.47 bits per heavy atom. The molecular formula is C11H14Cl2N2O3S. The molecule has 0 aliphatic carbocycles. The molecule has 0 atom stereocenters. The summed E-state index contributed by atoms with van der Waals surface area (Å²) in [7, 11) is -4.00. The summed E-state index contributed by atoms with van der Waals surface area (Å²) in [6.07, 6.45) is 1.75. The van der Waals surface area contributed by atoms with E-state index in [2.05, 4.69) is 5.32 Å². The van der Waals surface area contributed by atoms with Crippen molar-refractivity contribution in [3.8, 4) is 0 Å². The topological polar surface area (TPSA) is 89.3 Å². The van der Waals surface area contributed by atoms with Crippen molar-refractivity contribution in [2.45, 2.75) is 24.7 Å². The van der Waals surface area contributed by atoms with Crippen molar-refractivity contribution in [1.82, 2.24) is 5.32 Å². The Balaban J connectivity index is 3.11. The molecule has 1 rings (SSSR count). The number of benzene rings is 1. The highest BCUT2D eigenvalue weighted by molar-refractivity contribution is 7.89. The normalized spacial score (nSPS) is 11.4. The lowest BCUT2D eigenvalue weighted by Gasteiger charge is -2.09. The van der Waals surface area contributed by atoms with Crippen LogP contribution in [0.25, 0.3) is 0 Å². The molecule has 0 saturated carbocycles. The van der Waals surface area contributed by atoms with E-state index in [4.69, 9.17) is 28.3 Å². The molecule has 0 unspecified atom stereocenters. The minimum absolute atomic E-state index is 0.0335. The molecule has 1 aromatic carbocycles. The van der Waals surface area contributed by atoms with E-state index in [1.807, 2.05) is 6.92 Å². The number of halogens is 2. The molecule has 106 valence electrons. The fourth-order valence-corrected chi connectivity index (χ4v) is 2.80. The van der Waals surface area contributed by atoms with Crippen molar-refractivity contribution in [2.75, 3.05) is 6.54 Å². The number of nitrogens with two attached hydrogens (primary N) is 1. The molecule has 1 aromatic rings. The van der Waals surface area contributed by atoms with E-state index in [0.717, 1.165) is 18.9 Å². The minimum atomic E-state index is -4.00. The van der Waals surface area contributed by atoms with Crippen LogP contribution >= 0.6 is 23.2 Å². The van der Waals surface area contributed by atoms with E-state index in [1.54, 1.807) is 0 Å². The van der Waals surface area contributed by atoms with E-state index >= 15 is 0 Å². The summed E-state index contributed by atoms with van der Waals surface area (Å²) in [5.74, 6) is -0.458. The number of sulfonamides is 1. The lowest BCUT2D eigenvalue weighted by atomic mass is 10.2. The highest BCUT2D eigenvalue weighted by Gasteiger charge is 2.19. The first-order chi connectivity index (χ1) is 8.77. The van der Waals surface area contributed by atoms with E-state index in [-0.39, 0.29) is 20.5 Å². The van der Waals surface area contributed by atoms with Gasteiger partial charge in [-0.05, 0) is 18.6 Å². The third-order valence-electron chi connectivity index (χ3n) is 2.39. The van der Waals surface area contributed by atoms with E-state index in [9.17, 15) is 13.2 Å². The summed E-state index contributed by atoms with van der Waals surface area (Å²) in [6.45, 7) is 2.47. The van der Waals surface area contributed by atoms with Crippen LogP contribution in [0.3, 0.4) is 0 Å². The Labute approximate surface area is 122 Å². The number of amides is 1. The first kappa shape index (κ1) is 16.2. The zero-order chi connectivity index (χ0) is 14.6. The van der Waals surface area contributed by atoms with Gasteiger partial charge in [0.2, 0.25) is 10.0 Å². The molecule has 0 spiro atoms. The molecule has 0 aliphatic rings. The van der Waals surface area contributed by atoms with Crippen LogP contribution < -0.4 is 10.5 Å². The van der Waals surface area contributed by atoms with Gasteiger partial charge in [0.15, 0.2) is 0 Å². The van der Waals surface area contributed by atoms with Crippen LogP contribution in [0.1, 0.15) is 30.1 Å². The molecule has 0 saturated heterocycles. The molecule has 1 amide bonds. The summed E-state index contributed by atoms with van der Waals surface area (Å²) in [4.78, 5) is 11.5. The van der Waals surface area contributed by atoms with Crippen LogP contribution in [0, 0.1) is 0 Å². The van der Waals surface area contributed by atoms with Crippen molar-refractivity contribution in [3.63, 3.8) is 0 Å². The highest BCUT2D eigenvalue weighted by Crippen LogP contribution is 2.27. The van der Waals surface area contributed by atoms with E-state index in [1.165, 1.54) is 6.07 Å². The number of rotatable bonds is 5. The molecule has 0 heterocycles. The van der Waals surface area contributed by atoms with Crippen LogP contribution in [-0.4, -0.2) is 20.9 Å². The first-order valence-electron chi connectivity index (χ1n) is 5.57. The van der Waals surface area contributed by atoms with Gasteiger partial charge < -0.3 is 5.32 Å². The Morgan fingerprint density at radius 1 is 1.32 bits per heavy atom. The Hall–Kier alpha value is -0.820. The molecule has 3 N–H and O–H groups in total. The second-order valence-electron chi connectivity index (χ2n) is 3.92. The van der Waals surface area contributed by atoms with Crippen molar-refractivity contribution < 1.29 is 13.2 Å². The number of hydrogen-bond donors (Lipinski definition) is 2. The summed E-state index contributed by atoms with van der Waals surface area (Å²) < 4.78 is 22.6. The second kappa shape index (κ2) is 6.56. The SMILES string of the molecule is CCCCNC(=O)c1cc(S(N)(=O)=O)c(Cl)cc1Cl. The number of carbonyl (C=O) groups is 1. The van der Waals surface area contributed by atoms with Crippen LogP contribution in [0.4, 0.5) is 0 Å². The summed E-state index contributed by atoms with van der Waals surface area (Å²) >= 11 is 11.6. The van der Waals surface area contributed by atoms with Gasteiger partial charge in [-0.2, -0.15) is 0 Å². The molecule has 0 fully saturated rings. The largest absolute Gasteiger partial charge is 0.352 e. The average molecular weight is 325 g/mol. The Kier molecular flexibility index (Phi) is 5.61. The number of unbranched alkanes of at least 4 members (excludes halogenated alkanes) is 1. The summed E-state index contributed by atoms with van der Waals surface area (Å²) in [5, 5.41) is 7.61. The fourth-order valence-electron chi connectivity index (χ4n) is 1.40. The molecule has 0 bridgehead atoms. The average Bonchev–Trinajstić information content (AvgIpc) is 2.27. The van der Waals surface area contributed by atoms with Gasteiger partial charge >= 0.3 is 0 Å². The number of nitrogens with one attached hydrogen (secondary N) is 1. The Morgan fingerprint density at radius 2 is 1.95 bits per heavy atom. The van der Waals surface area contributed by atoms with E-state index < -0.39 is 15.9 Å². The van der Waals surface area contributed by atoms with Gasteiger partial charge in [0, 0.05) is 6.54 Å². The van der Waals surface area contributed by atoms with Crippen LogP contribution in [0.5, 0.6) is 0 Å². The van der Waals surface area contributed by atoms with Gasteiger partial charge in [0.1, 0.15) is 4.90 Å². The number of carbonyl (C=O) groups excluding carboxylic acids is 1. The number of hydrogen-bond acceptors (Lipinski definition) is 3. The predicted octanol–water partition coefficient (Wildman–Crippen LogP) is 2.17. The zero-order valence-electron chi connectivity index (χ0n) is 10.2. The maximum atomic E-state index is 11.9. The highest BCUT2D eigenvalue weighted by atomic mass is 35.5. The van der Waals surface area contributed by atoms with Crippen molar-refractivity contribution in [2.24, 2.45) is 5.14 Å². The molecule has 8 heteroatoms. The van der Waals surface area contributed by atoms with Crippen molar-refractivity contribution >= 4 is 39.1 Å². The second-order valence-corrected chi connectivity index (χ2v) is 6.26. The van der Waals surface area contributed by atoms with Crippen LogP contribution in [-0.2, 0) is 10.0 Å². The van der Waals surface area contributed by atoms with Gasteiger partial charge in [0.25, 0.3) is 5.91 Å². The predicted molar refractivity (Wildman–Crippen MR) is 75.1 cm³/mol. The van der Waals surface area contributed by atoms with Crippen molar-refractivity contribution in [1.29, 1.82) is 0 Å². The fraction of sp³-hybridized carbons (Fsp3) is 0.364. The van der Waals surface area contributed by atoms with Crippen LogP contribution in [0.2, 0.25) is 10.0 Å². The standard InChI is InChI=1S/C11H14Cl2N2O3S/c1-2-3-4-15-11(16)7-5-10(19(14,17)18)9(13)6-8(7)12/h5-6H,2-4H2,1H3,(H,15,16)(H2,14,17,18). The molecule has 19 heavy (non-hydrogen) atoms. The van der Waals surface area contributed by atoms with E-state index in [0.29, 0.717) is 6.54 Å². The smallest absolute Gasteiger partial charge is 0.252 e. The molecule has 5 nitrogen and oxygen atoms in total. The molecular weight excluding hydrogens is 311 g/mol. The maximum absolute atomic E-state index is 11.9. The van der Waals surface area contributed by atoms with Gasteiger partial charge in [0.05, 0.1) is 15.6 Å². The lowest BCUT2D eigenvalue weighted by molar-refractivity contribution is 0.0953. The Bertz CT molecular complexity index is 588. The maximum Gasteiger partial charge on any atom is 0.252 e. The van der Waals surface area contributed by atoms with Crippen molar-refractivity contribution in [3.05, 3.63) is 27.7 Å². The first-order valence-corrected chi connectivity index (χ1v) is 7.87. The summed E-state index contributed by atoms with van der Waals surface area (Å²) in [5.41, 5.74) is 0.0335. The monoisotopic (exact) mass is 324 g/mol. The lowest BCUT2D eigenvalue weighted by Crippen LogP contribution is -2.25. The van der Waals surface area contributed by atoms with Crippen LogP contribution in [0.15, 0.2) is 17.0 Å². The minimum Gasteiger partial charge on any atom is -0.352 e. The van der Waals surface area contributed by atoms with Gasteiger partial charge in [-0.25, -0.2) is 13.6 Å². The third kappa shape index (κ3) is 4.35. The molecule has 0 aliphatic heterocycles. The summed E-state index contributed by atoms with van der Waals surface area (Å²) in [6, 6.07) is 2.28. The number of primary sulfonamides is 1. The molecule has 0 radical (unpaired) electrons.